The maximum atomic E-state index is 13.2. The van der Waals surface area contributed by atoms with Crippen molar-refractivity contribution >= 4 is 5.78 Å². The largest absolute Gasteiger partial charge is 0.299 e. The molecule has 0 aromatic rings. The number of rotatable bonds is 5. The zero-order valence-corrected chi connectivity index (χ0v) is 21.6. The topological polar surface area (TPSA) is 17.1 Å². The highest BCUT2D eigenvalue weighted by Gasteiger charge is 2.61. The number of hydrogen-bond acceptors (Lipinski definition) is 1. The SMILES string of the molecule is CC(C)CCC[C@@H](C)[C@H]1CC[C@H]2C3=CC=C4C5(CCCC5)C(=O)CC[C@]4(C)[C@H]3CC[C@]12C. The minimum Gasteiger partial charge on any atom is -0.299 e. The van der Waals surface area contributed by atoms with Crippen LogP contribution in [-0.2, 0) is 4.79 Å². The van der Waals surface area contributed by atoms with Crippen LogP contribution < -0.4 is 0 Å². The van der Waals surface area contributed by atoms with Gasteiger partial charge >= 0.3 is 0 Å². The molecule has 0 saturated heterocycles. The van der Waals surface area contributed by atoms with E-state index >= 15 is 0 Å². The highest BCUT2D eigenvalue weighted by Crippen LogP contribution is 2.68. The first-order chi connectivity index (χ1) is 15.2. The third kappa shape index (κ3) is 3.26. The molecule has 5 aliphatic rings. The standard InChI is InChI=1S/C31H48O/c1-21(2)9-8-10-22(3)24-12-13-25-23-11-14-27-30(5,26(23)15-19-29(24,25)4)20-16-28(32)31(27)17-6-7-18-31/h11,14,21-22,24-26H,6-10,12-13,15-20H2,1-5H3/t22-,24-,25+,26+,29-,30-/m1/s1. The Morgan fingerprint density at radius 2 is 1.66 bits per heavy atom. The van der Waals surface area contributed by atoms with Crippen LogP contribution in [0, 0.1) is 45.8 Å². The Balaban J connectivity index is 1.42. The van der Waals surface area contributed by atoms with Crippen LogP contribution in [0.5, 0.6) is 0 Å². The number of Topliss-reactive ketones (excluding diaryl/α,β-unsaturated/α-hetero) is 1. The molecule has 1 nitrogen and oxygen atoms in total. The van der Waals surface area contributed by atoms with Gasteiger partial charge in [-0.05, 0) is 85.4 Å². The van der Waals surface area contributed by atoms with Gasteiger partial charge in [-0.3, -0.25) is 4.79 Å². The Morgan fingerprint density at radius 1 is 0.906 bits per heavy atom. The molecule has 0 aromatic carbocycles. The number of hydrogen-bond donors (Lipinski definition) is 0. The van der Waals surface area contributed by atoms with Gasteiger partial charge in [0.15, 0.2) is 0 Å². The van der Waals surface area contributed by atoms with Gasteiger partial charge in [0, 0.05) is 6.42 Å². The Kier molecular flexibility index (Phi) is 5.82. The van der Waals surface area contributed by atoms with Gasteiger partial charge in [-0.15, -0.1) is 0 Å². The normalized spacial score (nSPS) is 41.2. The molecule has 1 heteroatoms. The van der Waals surface area contributed by atoms with Crippen molar-refractivity contribution in [2.24, 2.45) is 45.8 Å². The molecule has 4 saturated carbocycles. The van der Waals surface area contributed by atoms with E-state index in [1.807, 2.05) is 0 Å². The van der Waals surface area contributed by atoms with E-state index in [1.165, 1.54) is 57.8 Å². The quantitative estimate of drug-likeness (QED) is 0.421. The summed E-state index contributed by atoms with van der Waals surface area (Å²) in [5, 5.41) is 0. The van der Waals surface area contributed by atoms with Crippen molar-refractivity contribution in [3.8, 4) is 0 Å². The van der Waals surface area contributed by atoms with Crippen LogP contribution in [0.3, 0.4) is 0 Å². The zero-order valence-electron chi connectivity index (χ0n) is 21.6. The van der Waals surface area contributed by atoms with Crippen LogP contribution in [0.25, 0.3) is 0 Å². The monoisotopic (exact) mass is 436 g/mol. The lowest BCUT2D eigenvalue weighted by Gasteiger charge is -2.57. The minimum atomic E-state index is -0.0844. The lowest BCUT2D eigenvalue weighted by atomic mass is 9.46. The maximum Gasteiger partial charge on any atom is 0.143 e. The van der Waals surface area contributed by atoms with Crippen LogP contribution in [0.1, 0.15) is 118 Å². The lowest BCUT2D eigenvalue weighted by Crippen LogP contribution is -2.51. The summed E-state index contributed by atoms with van der Waals surface area (Å²) in [5.74, 6) is 4.65. The van der Waals surface area contributed by atoms with Crippen molar-refractivity contribution < 1.29 is 4.79 Å². The van der Waals surface area contributed by atoms with Crippen LogP contribution in [-0.4, -0.2) is 5.78 Å². The Bertz CT molecular complexity index is 808. The van der Waals surface area contributed by atoms with Gasteiger partial charge in [-0.25, -0.2) is 0 Å². The third-order valence-electron chi connectivity index (χ3n) is 11.5. The van der Waals surface area contributed by atoms with Crippen molar-refractivity contribution in [1.82, 2.24) is 0 Å². The fourth-order valence-electron chi connectivity index (χ4n) is 9.80. The van der Waals surface area contributed by atoms with E-state index in [9.17, 15) is 4.79 Å². The molecule has 0 radical (unpaired) electrons. The number of ketones is 1. The average molecular weight is 437 g/mol. The second-order valence-electron chi connectivity index (χ2n) is 13.5. The van der Waals surface area contributed by atoms with Crippen molar-refractivity contribution in [3.63, 3.8) is 0 Å². The first kappa shape index (κ1) is 22.9. The van der Waals surface area contributed by atoms with Gasteiger partial charge in [0.05, 0.1) is 5.41 Å². The number of fused-ring (bicyclic) bond motifs is 6. The first-order valence-corrected chi connectivity index (χ1v) is 14.2. The summed E-state index contributed by atoms with van der Waals surface area (Å²) in [7, 11) is 0. The van der Waals surface area contributed by atoms with Crippen LogP contribution in [0.4, 0.5) is 0 Å². The molecular formula is C31H48O. The van der Waals surface area contributed by atoms with Gasteiger partial charge in [0.1, 0.15) is 5.78 Å². The van der Waals surface area contributed by atoms with E-state index in [2.05, 4.69) is 46.8 Å². The molecule has 178 valence electrons. The molecule has 1 spiro atoms. The van der Waals surface area contributed by atoms with Crippen LogP contribution in [0.2, 0.25) is 0 Å². The predicted octanol–water partition coefficient (Wildman–Crippen LogP) is 8.69. The molecule has 5 rings (SSSR count). The van der Waals surface area contributed by atoms with Crippen LogP contribution in [0.15, 0.2) is 23.3 Å². The summed E-state index contributed by atoms with van der Waals surface area (Å²) in [5.41, 5.74) is 4.01. The van der Waals surface area contributed by atoms with E-state index in [-0.39, 0.29) is 10.8 Å². The molecule has 0 N–H and O–H groups in total. The second-order valence-corrected chi connectivity index (χ2v) is 13.5. The van der Waals surface area contributed by atoms with Gasteiger partial charge in [0.25, 0.3) is 0 Å². The predicted molar refractivity (Wildman–Crippen MR) is 134 cm³/mol. The van der Waals surface area contributed by atoms with E-state index in [0.717, 1.165) is 49.4 Å². The number of allylic oxidation sites excluding steroid dienone is 4. The Labute approximate surface area is 197 Å². The smallest absolute Gasteiger partial charge is 0.143 e. The molecule has 0 heterocycles. The third-order valence-corrected chi connectivity index (χ3v) is 11.5. The van der Waals surface area contributed by atoms with E-state index < -0.39 is 0 Å². The van der Waals surface area contributed by atoms with E-state index in [1.54, 1.807) is 11.1 Å². The van der Waals surface area contributed by atoms with Gasteiger partial charge in [-0.2, -0.15) is 0 Å². The fourth-order valence-corrected chi connectivity index (χ4v) is 9.80. The molecule has 0 amide bonds. The summed E-state index contributed by atoms with van der Waals surface area (Å²) in [6, 6.07) is 0. The summed E-state index contributed by atoms with van der Waals surface area (Å²) in [4.78, 5) is 13.2. The van der Waals surface area contributed by atoms with Crippen LogP contribution >= 0.6 is 0 Å². The molecule has 5 aliphatic carbocycles. The van der Waals surface area contributed by atoms with E-state index in [4.69, 9.17) is 0 Å². The lowest BCUT2D eigenvalue weighted by molar-refractivity contribution is -0.131. The second kappa shape index (κ2) is 8.13. The van der Waals surface area contributed by atoms with Crippen molar-refractivity contribution in [3.05, 3.63) is 23.3 Å². The highest BCUT2D eigenvalue weighted by molar-refractivity contribution is 5.90. The minimum absolute atomic E-state index is 0.0844. The van der Waals surface area contributed by atoms with E-state index in [0.29, 0.717) is 17.1 Å². The first-order valence-electron chi connectivity index (χ1n) is 14.2. The van der Waals surface area contributed by atoms with Gasteiger partial charge < -0.3 is 0 Å². The maximum absolute atomic E-state index is 13.2. The number of carbonyl (C=O) groups excluding carboxylic acids is 1. The molecule has 0 unspecified atom stereocenters. The molecule has 4 fully saturated rings. The van der Waals surface area contributed by atoms with Crippen molar-refractivity contribution in [2.45, 2.75) is 118 Å². The van der Waals surface area contributed by atoms with Gasteiger partial charge in [-0.1, -0.05) is 90.0 Å². The summed E-state index contributed by atoms with van der Waals surface area (Å²) in [6.45, 7) is 12.5. The molecule has 0 bridgehead atoms. The summed E-state index contributed by atoms with van der Waals surface area (Å²) in [6.07, 6.45) is 21.5. The van der Waals surface area contributed by atoms with Crippen molar-refractivity contribution in [2.75, 3.05) is 0 Å². The molecule has 0 aromatic heterocycles. The molecule has 6 atom stereocenters. The van der Waals surface area contributed by atoms with Gasteiger partial charge in [0.2, 0.25) is 0 Å². The molecular weight excluding hydrogens is 388 g/mol. The zero-order chi connectivity index (χ0) is 22.7. The summed E-state index contributed by atoms with van der Waals surface area (Å²) < 4.78 is 0. The Morgan fingerprint density at radius 3 is 2.38 bits per heavy atom. The summed E-state index contributed by atoms with van der Waals surface area (Å²) >= 11 is 0. The molecule has 0 aliphatic heterocycles. The number of carbonyl (C=O) groups is 1. The Hall–Kier alpha value is -0.850. The average Bonchev–Trinajstić information content (AvgIpc) is 3.36. The van der Waals surface area contributed by atoms with Crippen molar-refractivity contribution in [1.29, 1.82) is 0 Å². The molecule has 32 heavy (non-hydrogen) atoms. The fraction of sp³-hybridized carbons (Fsp3) is 0.839. The highest BCUT2D eigenvalue weighted by atomic mass is 16.1.